The van der Waals surface area contributed by atoms with Crippen molar-refractivity contribution in [2.24, 2.45) is 0 Å². The summed E-state index contributed by atoms with van der Waals surface area (Å²) in [7, 11) is 0. The normalized spacial score (nSPS) is 24.4. The zero-order chi connectivity index (χ0) is 12.3. The Balaban J connectivity index is 2.31. The predicted molar refractivity (Wildman–Crippen MR) is 69.4 cm³/mol. The fraction of sp³-hybridized carbons (Fsp3) is 0.714. The van der Waals surface area contributed by atoms with Crippen LogP contribution in [0.15, 0.2) is 0 Å². The van der Waals surface area contributed by atoms with Gasteiger partial charge in [-0.25, -0.2) is 4.79 Å². The van der Waals surface area contributed by atoms with Gasteiger partial charge in [0.2, 0.25) is 9.70 Å². The van der Waals surface area contributed by atoms with Crippen LogP contribution in [0.2, 0.25) is 0 Å². The molecule has 2 N–H and O–H groups in total. The second-order valence-corrected chi connectivity index (χ2v) is 6.48. The summed E-state index contributed by atoms with van der Waals surface area (Å²) in [5.41, 5.74) is 0. The molecule has 0 spiro atoms. The first-order chi connectivity index (χ1) is 7.33. The molecule has 9 heteroatoms. The summed E-state index contributed by atoms with van der Waals surface area (Å²) in [6.07, 6.45) is -0.777. The third-order valence-corrected chi connectivity index (χ3v) is 3.10. The molecule has 0 aromatic carbocycles. The molecule has 0 unspecified atom stereocenters. The van der Waals surface area contributed by atoms with Gasteiger partial charge in [-0.1, -0.05) is 57.4 Å². The average Bonchev–Trinajstić information content (AvgIpc) is 2.18. The standard InChI is InChI=1S/C7H8Cl3IN2O3/c8-7(9,10)2-16-6(15)13-4-3(1-11)12-5(4)14/h3-4H,1-2H2,(H,12,14)(H,13,15)/t3-,4+/m0/s1. The van der Waals surface area contributed by atoms with E-state index in [0.29, 0.717) is 4.43 Å². The molecule has 1 heterocycles. The van der Waals surface area contributed by atoms with E-state index in [4.69, 9.17) is 34.8 Å². The van der Waals surface area contributed by atoms with Gasteiger partial charge < -0.3 is 15.4 Å². The number of alkyl halides is 4. The molecule has 1 saturated heterocycles. The lowest BCUT2D eigenvalue weighted by atomic mass is 10.0. The van der Waals surface area contributed by atoms with Crippen molar-refractivity contribution < 1.29 is 14.3 Å². The average molecular weight is 401 g/mol. The summed E-state index contributed by atoms with van der Waals surface area (Å²) >= 11 is 18.3. The van der Waals surface area contributed by atoms with Gasteiger partial charge in [-0.15, -0.1) is 0 Å². The largest absolute Gasteiger partial charge is 0.445 e. The van der Waals surface area contributed by atoms with Gasteiger partial charge in [0.15, 0.2) is 0 Å². The first kappa shape index (κ1) is 14.4. The molecule has 0 aliphatic carbocycles. The lowest BCUT2D eigenvalue weighted by molar-refractivity contribution is -0.130. The Morgan fingerprint density at radius 3 is 2.62 bits per heavy atom. The molecule has 2 amide bonds. The van der Waals surface area contributed by atoms with Crippen LogP contribution in [-0.2, 0) is 9.53 Å². The van der Waals surface area contributed by atoms with E-state index in [1.807, 2.05) is 0 Å². The van der Waals surface area contributed by atoms with Gasteiger partial charge in [0, 0.05) is 4.43 Å². The van der Waals surface area contributed by atoms with Gasteiger partial charge in [0.25, 0.3) is 0 Å². The first-order valence-electron chi connectivity index (χ1n) is 4.20. The van der Waals surface area contributed by atoms with Crippen molar-refractivity contribution >= 4 is 69.4 Å². The van der Waals surface area contributed by atoms with Crippen molar-refractivity contribution in [3.8, 4) is 0 Å². The van der Waals surface area contributed by atoms with E-state index in [0.717, 1.165) is 0 Å². The fourth-order valence-electron chi connectivity index (χ4n) is 1.05. The van der Waals surface area contributed by atoms with E-state index in [1.165, 1.54) is 0 Å². The maximum absolute atomic E-state index is 11.2. The van der Waals surface area contributed by atoms with Crippen LogP contribution >= 0.6 is 57.4 Å². The summed E-state index contributed by atoms with van der Waals surface area (Å²) in [5.74, 6) is -0.243. The Morgan fingerprint density at radius 1 is 1.56 bits per heavy atom. The van der Waals surface area contributed by atoms with Crippen LogP contribution in [0.3, 0.4) is 0 Å². The molecule has 2 atom stereocenters. The van der Waals surface area contributed by atoms with Crippen molar-refractivity contribution in [1.29, 1.82) is 0 Å². The molecule has 0 aromatic rings. The number of carbonyl (C=O) groups is 2. The van der Waals surface area contributed by atoms with E-state index >= 15 is 0 Å². The van der Waals surface area contributed by atoms with E-state index in [-0.39, 0.29) is 18.6 Å². The SMILES string of the molecule is O=C(N[C@H]1C(=O)N[C@H]1CI)OCC(Cl)(Cl)Cl. The quantitative estimate of drug-likeness (QED) is 0.427. The smallest absolute Gasteiger partial charge is 0.408 e. The topological polar surface area (TPSA) is 67.4 Å². The molecule has 1 fully saturated rings. The van der Waals surface area contributed by atoms with Crippen LogP contribution in [-0.4, -0.2) is 38.9 Å². The molecule has 92 valence electrons. The highest BCUT2D eigenvalue weighted by atomic mass is 127. The molecule has 0 bridgehead atoms. The van der Waals surface area contributed by atoms with Crippen LogP contribution in [0.5, 0.6) is 0 Å². The second-order valence-electron chi connectivity index (χ2n) is 3.08. The van der Waals surface area contributed by atoms with Crippen LogP contribution in [0.4, 0.5) is 4.79 Å². The third-order valence-electron chi connectivity index (χ3n) is 1.82. The molecule has 1 rings (SSSR count). The second kappa shape index (κ2) is 5.79. The van der Waals surface area contributed by atoms with Gasteiger partial charge in [-0.3, -0.25) is 4.79 Å². The number of ether oxygens (including phenoxy) is 1. The van der Waals surface area contributed by atoms with E-state index in [1.54, 1.807) is 0 Å². The summed E-state index contributed by atoms with van der Waals surface area (Å²) in [6.45, 7) is -0.368. The van der Waals surface area contributed by atoms with Gasteiger partial charge >= 0.3 is 6.09 Å². The Hall–Kier alpha value is 0.340. The van der Waals surface area contributed by atoms with E-state index in [9.17, 15) is 9.59 Å². The molecule has 0 aromatic heterocycles. The van der Waals surface area contributed by atoms with E-state index < -0.39 is 15.9 Å². The van der Waals surface area contributed by atoms with Crippen molar-refractivity contribution in [2.45, 2.75) is 15.9 Å². The minimum atomic E-state index is -1.65. The maximum Gasteiger partial charge on any atom is 0.408 e. The number of carbonyl (C=O) groups excluding carboxylic acids is 2. The highest BCUT2D eigenvalue weighted by molar-refractivity contribution is 14.1. The predicted octanol–water partition coefficient (Wildman–Crippen LogP) is 1.38. The Kier molecular flexibility index (Phi) is 5.21. The number of halogens is 4. The summed E-state index contributed by atoms with van der Waals surface area (Å²) in [6, 6.07) is -0.645. The number of alkyl carbamates (subject to hydrolysis) is 1. The van der Waals surface area contributed by atoms with Crippen LogP contribution in [0, 0.1) is 0 Å². The van der Waals surface area contributed by atoms with Crippen molar-refractivity contribution in [3.63, 3.8) is 0 Å². The molecular weight excluding hydrogens is 393 g/mol. The lowest BCUT2D eigenvalue weighted by Gasteiger charge is -2.35. The van der Waals surface area contributed by atoms with Gasteiger partial charge in [-0.05, 0) is 0 Å². The molecular formula is C7H8Cl3IN2O3. The molecule has 1 aliphatic heterocycles. The highest BCUT2D eigenvalue weighted by Gasteiger charge is 2.40. The van der Waals surface area contributed by atoms with Crippen molar-refractivity contribution in [3.05, 3.63) is 0 Å². The number of rotatable bonds is 3. The summed E-state index contributed by atoms with van der Waals surface area (Å²) < 4.78 is 3.67. The zero-order valence-corrected chi connectivity index (χ0v) is 12.2. The number of nitrogens with one attached hydrogen (secondary N) is 2. The zero-order valence-electron chi connectivity index (χ0n) is 7.81. The van der Waals surface area contributed by atoms with Crippen LogP contribution in [0.1, 0.15) is 0 Å². The van der Waals surface area contributed by atoms with Gasteiger partial charge in [0.05, 0.1) is 6.04 Å². The third kappa shape index (κ3) is 4.31. The molecule has 0 radical (unpaired) electrons. The van der Waals surface area contributed by atoms with E-state index in [2.05, 4.69) is 38.0 Å². The molecule has 1 aliphatic rings. The number of hydrogen-bond donors (Lipinski definition) is 2. The summed E-state index contributed by atoms with van der Waals surface area (Å²) in [5, 5.41) is 5.01. The molecule has 0 saturated carbocycles. The number of β-lactam (4-membered cyclic amide) rings is 1. The lowest BCUT2D eigenvalue weighted by Crippen LogP contribution is -2.69. The molecule has 16 heavy (non-hydrogen) atoms. The fourth-order valence-corrected chi connectivity index (χ4v) is 1.94. The number of hydrogen-bond acceptors (Lipinski definition) is 3. The molecule has 5 nitrogen and oxygen atoms in total. The summed E-state index contributed by atoms with van der Waals surface area (Å²) in [4.78, 5) is 22.3. The van der Waals surface area contributed by atoms with Gasteiger partial charge in [-0.2, -0.15) is 0 Å². The maximum atomic E-state index is 11.2. The monoisotopic (exact) mass is 400 g/mol. The van der Waals surface area contributed by atoms with Gasteiger partial charge in [0.1, 0.15) is 12.6 Å². The minimum Gasteiger partial charge on any atom is -0.445 e. The number of amides is 2. The Labute approximate surface area is 121 Å². The van der Waals surface area contributed by atoms with Crippen molar-refractivity contribution in [1.82, 2.24) is 10.6 Å². The Bertz CT molecular complexity index is 297. The van der Waals surface area contributed by atoms with Crippen molar-refractivity contribution in [2.75, 3.05) is 11.0 Å². The van der Waals surface area contributed by atoms with Crippen LogP contribution < -0.4 is 10.6 Å². The first-order valence-corrected chi connectivity index (χ1v) is 6.86. The van der Waals surface area contributed by atoms with Crippen LogP contribution in [0.25, 0.3) is 0 Å². The highest BCUT2D eigenvalue weighted by Crippen LogP contribution is 2.25. The minimum absolute atomic E-state index is 0.0755. The Morgan fingerprint density at radius 2 is 2.19 bits per heavy atom.